The lowest BCUT2D eigenvalue weighted by atomic mass is 10.1. The number of nitrogens with one attached hydrogen (secondary N) is 3. The predicted octanol–water partition coefficient (Wildman–Crippen LogP) is 6.08. The third kappa shape index (κ3) is 4.62. The van der Waals surface area contributed by atoms with Gasteiger partial charge >= 0.3 is 0 Å². The first-order chi connectivity index (χ1) is 20.5. The van der Waals surface area contributed by atoms with E-state index in [0.29, 0.717) is 44.9 Å². The number of carbonyl (C=O) groups excluding carboxylic acids is 1. The average Bonchev–Trinajstić information content (AvgIpc) is 3.63. The first-order valence-corrected chi connectivity index (χ1v) is 13.0. The fourth-order valence-electron chi connectivity index (χ4n) is 4.86. The van der Waals surface area contributed by atoms with Gasteiger partial charge < -0.3 is 10.3 Å². The number of H-pyrrole nitrogens is 2. The number of nitrogens with zero attached hydrogens (tertiary/aromatic N) is 5. The molecule has 11 heteroatoms. The molecule has 5 aromatic heterocycles. The van der Waals surface area contributed by atoms with Crippen LogP contribution in [-0.2, 0) is 11.2 Å². The highest BCUT2D eigenvalue weighted by Gasteiger charge is 2.21. The van der Waals surface area contributed by atoms with Crippen LogP contribution < -0.4 is 5.32 Å². The van der Waals surface area contributed by atoms with Crippen LogP contribution in [-0.4, -0.2) is 41.0 Å². The van der Waals surface area contributed by atoms with E-state index in [2.05, 4.69) is 35.5 Å². The largest absolute Gasteiger partial charge is 0.335 e. The molecule has 3 N–H and O–H groups in total. The zero-order valence-corrected chi connectivity index (χ0v) is 21.8. The Balaban J connectivity index is 1.24. The summed E-state index contributed by atoms with van der Waals surface area (Å²) in [6.45, 7) is 0. The van der Waals surface area contributed by atoms with Crippen LogP contribution in [0.2, 0.25) is 0 Å². The van der Waals surface area contributed by atoms with Crippen LogP contribution in [0.5, 0.6) is 0 Å². The van der Waals surface area contributed by atoms with Gasteiger partial charge in [-0.2, -0.15) is 5.10 Å². The van der Waals surface area contributed by atoms with Gasteiger partial charge in [0.1, 0.15) is 22.7 Å². The Kier molecular flexibility index (Phi) is 6.16. The molecule has 5 heterocycles. The van der Waals surface area contributed by atoms with Gasteiger partial charge in [-0.3, -0.25) is 24.8 Å². The zero-order valence-electron chi connectivity index (χ0n) is 21.8. The molecule has 9 nitrogen and oxygen atoms in total. The van der Waals surface area contributed by atoms with Crippen LogP contribution in [0, 0.1) is 11.6 Å². The molecule has 42 heavy (non-hydrogen) atoms. The number of aromatic nitrogens is 7. The van der Waals surface area contributed by atoms with Gasteiger partial charge in [0.15, 0.2) is 11.6 Å². The molecule has 0 atom stereocenters. The van der Waals surface area contributed by atoms with Crippen molar-refractivity contribution in [2.45, 2.75) is 6.42 Å². The van der Waals surface area contributed by atoms with Crippen molar-refractivity contribution in [1.29, 1.82) is 0 Å². The van der Waals surface area contributed by atoms with E-state index in [-0.39, 0.29) is 29.2 Å². The summed E-state index contributed by atoms with van der Waals surface area (Å²) in [5.74, 6) is -0.843. The van der Waals surface area contributed by atoms with Gasteiger partial charge in [-0.25, -0.2) is 13.8 Å². The quantitative estimate of drug-likeness (QED) is 0.227. The normalized spacial score (nSPS) is 11.3. The zero-order chi connectivity index (χ0) is 28.6. The van der Waals surface area contributed by atoms with Crippen LogP contribution in [0.4, 0.5) is 14.5 Å². The fraction of sp³-hybridized carbons (Fsp3) is 0.0323. The van der Waals surface area contributed by atoms with Crippen molar-refractivity contribution in [3.05, 3.63) is 109 Å². The maximum Gasteiger partial charge on any atom is 0.228 e. The first kappa shape index (κ1) is 25.1. The summed E-state index contributed by atoms with van der Waals surface area (Å²) in [6, 6.07) is 17.0. The van der Waals surface area contributed by atoms with E-state index in [9.17, 15) is 9.18 Å². The van der Waals surface area contributed by atoms with Crippen molar-refractivity contribution >= 4 is 33.5 Å². The number of halogens is 2. The number of anilines is 1. The second-order valence-corrected chi connectivity index (χ2v) is 9.63. The van der Waals surface area contributed by atoms with E-state index in [1.54, 1.807) is 30.6 Å². The van der Waals surface area contributed by atoms with Crippen LogP contribution >= 0.6 is 0 Å². The second kappa shape index (κ2) is 10.3. The number of hydrogen-bond acceptors (Lipinski definition) is 6. The smallest absolute Gasteiger partial charge is 0.228 e. The summed E-state index contributed by atoms with van der Waals surface area (Å²) in [5.41, 5.74) is 4.99. The molecule has 0 radical (unpaired) electrons. The van der Waals surface area contributed by atoms with Gasteiger partial charge in [0.05, 0.1) is 47.1 Å². The molecule has 0 spiro atoms. The van der Waals surface area contributed by atoms with E-state index in [1.165, 1.54) is 30.7 Å². The van der Waals surface area contributed by atoms with Gasteiger partial charge in [0.25, 0.3) is 0 Å². The minimum absolute atomic E-state index is 0.0431. The van der Waals surface area contributed by atoms with Crippen molar-refractivity contribution in [1.82, 2.24) is 35.1 Å². The molecule has 0 saturated heterocycles. The Morgan fingerprint density at radius 2 is 1.69 bits per heavy atom. The summed E-state index contributed by atoms with van der Waals surface area (Å²) in [6.07, 6.45) is 7.88. The van der Waals surface area contributed by atoms with Crippen molar-refractivity contribution in [2.75, 3.05) is 5.32 Å². The highest BCUT2D eigenvalue weighted by Crippen LogP contribution is 2.34. The van der Waals surface area contributed by atoms with Gasteiger partial charge in [-0.15, -0.1) is 0 Å². The molecule has 2 aromatic carbocycles. The molecular formula is C31H20F2N8O. The summed E-state index contributed by atoms with van der Waals surface area (Å²) < 4.78 is 29.6. The lowest BCUT2D eigenvalue weighted by molar-refractivity contribution is -0.115. The number of fused-ring (bicyclic) bond motifs is 2. The number of hydrogen-bond donors (Lipinski definition) is 3. The van der Waals surface area contributed by atoms with E-state index < -0.39 is 5.82 Å². The molecular weight excluding hydrogens is 538 g/mol. The minimum atomic E-state index is -0.622. The van der Waals surface area contributed by atoms with Crippen molar-refractivity contribution < 1.29 is 13.6 Å². The Labute approximate surface area is 236 Å². The summed E-state index contributed by atoms with van der Waals surface area (Å²) in [7, 11) is 0. The molecule has 0 aliphatic rings. The third-order valence-electron chi connectivity index (χ3n) is 6.83. The molecule has 7 rings (SSSR count). The fourth-order valence-corrected chi connectivity index (χ4v) is 4.86. The molecule has 0 aliphatic carbocycles. The Morgan fingerprint density at radius 3 is 2.52 bits per heavy atom. The predicted molar refractivity (Wildman–Crippen MR) is 154 cm³/mol. The number of amides is 1. The Morgan fingerprint density at radius 1 is 0.881 bits per heavy atom. The summed E-state index contributed by atoms with van der Waals surface area (Å²) >= 11 is 0. The number of rotatable bonds is 6. The Hall–Kier alpha value is -5.84. The lowest BCUT2D eigenvalue weighted by Crippen LogP contribution is -2.14. The molecule has 0 saturated carbocycles. The second-order valence-electron chi connectivity index (χ2n) is 9.63. The van der Waals surface area contributed by atoms with Crippen LogP contribution in [0.1, 0.15) is 5.56 Å². The van der Waals surface area contributed by atoms with Crippen LogP contribution in [0.3, 0.4) is 0 Å². The molecule has 0 unspecified atom stereocenters. The molecule has 1 amide bonds. The lowest BCUT2D eigenvalue weighted by Gasteiger charge is -2.08. The van der Waals surface area contributed by atoms with Gasteiger partial charge in [0.2, 0.25) is 5.91 Å². The van der Waals surface area contributed by atoms with Crippen molar-refractivity contribution in [2.24, 2.45) is 0 Å². The topological polar surface area (TPSA) is 125 Å². The van der Waals surface area contributed by atoms with E-state index in [1.807, 2.05) is 30.3 Å². The summed E-state index contributed by atoms with van der Waals surface area (Å²) in [4.78, 5) is 33.2. The van der Waals surface area contributed by atoms with Crippen molar-refractivity contribution in [3.63, 3.8) is 0 Å². The number of carbonyl (C=O) groups is 1. The number of pyridine rings is 3. The molecule has 0 fully saturated rings. The molecule has 204 valence electrons. The van der Waals surface area contributed by atoms with E-state index >= 15 is 4.39 Å². The molecule has 0 bridgehead atoms. The standard InChI is InChI=1S/C31H20F2N8O/c32-20-8-6-18(7-9-20)22-14-35-15-24-29(22)39-31(38-24)30-26-23(40-41-30)16-36-28(27(26)33)19-11-21(13-34-12-19)37-25(42)10-17-4-2-1-3-5-17/h1-9,11-16H,10H2,(H,37,42)(H,38,39)(H,40,41). The summed E-state index contributed by atoms with van der Waals surface area (Å²) in [5, 5.41) is 10.1. The van der Waals surface area contributed by atoms with Crippen LogP contribution in [0.15, 0.2) is 91.6 Å². The van der Waals surface area contributed by atoms with Crippen molar-refractivity contribution in [3.8, 4) is 33.9 Å². The van der Waals surface area contributed by atoms with Gasteiger partial charge in [-0.05, 0) is 29.3 Å². The minimum Gasteiger partial charge on any atom is -0.335 e. The van der Waals surface area contributed by atoms with Gasteiger partial charge in [0, 0.05) is 23.5 Å². The van der Waals surface area contributed by atoms with E-state index in [4.69, 9.17) is 4.98 Å². The molecule has 0 aliphatic heterocycles. The highest BCUT2D eigenvalue weighted by molar-refractivity contribution is 5.98. The SMILES string of the molecule is O=C(Cc1ccccc1)Nc1cncc(-c2ncc3n[nH]c(-c4nc5c(-c6ccc(F)cc6)cncc5[nH]4)c3c2F)c1. The third-order valence-corrected chi connectivity index (χ3v) is 6.83. The maximum atomic E-state index is 16.1. The van der Waals surface area contributed by atoms with E-state index in [0.717, 1.165) is 11.1 Å². The number of aromatic amines is 2. The average molecular weight is 559 g/mol. The van der Waals surface area contributed by atoms with Gasteiger partial charge in [-0.1, -0.05) is 42.5 Å². The highest BCUT2D eigenvalue weighted by atomic mass is 19.1. The first-order valence-electron chi connectivity index (χ1n) is 13.0. The monoisotopic (exact) mass is 558 g/mol. The van der Waals surface area contributed by atoms with Crippen LogP contribution in [0.25, 0.3) is 55.8 Å². The maximum absolute atomic E-state index is 16.1. The number of benzene rings is 2. The number of imidazole rings is 1. The Bertz CT molecular complexity index is 2090. The molecule has 7 aromatic rings.